The summed E-state index contributed by atoms with van der Waals surface area (Å²) in [5.41, 5.74) is 2.65. The van der Waals surface area contributed by atoms with Gasteiger partial charge in [-0.3, -0.25) is 14.4 Å². The van der Waals surface area contributed by atoms with Gasteiger partial charge in [0.2, 0.25) is 5.91 Å². The number of ether oxygens (including phenoxy) is 1. The Morgan fingerprint density at radius 2 is 2.08 bits per heavy atom. The molecule has 1 aromatic carbocycles. The molecule has 0 spiro atoms. The van der Waals surface area contributed by atoms with Gasteiger partial charge in [0.1, 0.15) is 0 Å². The van der Waals surface area contributed by atoms with Crippen molar-refractivity contribution >= 4 is 5.91 Å². The lowest BCUT2D eigenvalue weighted by Crippen LogP contribution is -2.49. The summed E-state index contributed by atoms with van der Waals surface area (Å²) < 4.78 is 7.71. The van der Waals surface area contributed by atoms with Gasteiger partial charge in [-0.25, -0.2) is 0 Å². The first-order valence-corrected chi connectivity index (χ1v) is 8.94. The first-order valence-electron chi connectivity index (χ1n) is 8.94. The predicted molar refractivity (Wildman–Crippen MR) is 94.0 cm³/mol. The molecule has 1 fully saturated rings. The summed E-state index contributed by atoms with van der Waals surface area (Å²) in [6.45, 7) is 5.01. The van der Waals surface area contributed by atoms with E-state index >= 15 is 0 Å². The predicted octanol–water partition coefficient (Wildman–Crippen LogP) is 1.17. The fourth-order valence-electron chi connectivity index (χ4n) is 3.65. The summed E-state index contributed by atoms with van der Waals surface area (Å²) in [4.78, 5) is 16.9. The SMILES string of the molecule is O=C(CN1CCO[C@H](Cn2cccn2)C1)N1CCc2ccccc2C1. The third-order valence-electron chi connectivity index (χ3n) is 5.02. The van der Waals surface area contributed by atoms with Crippen LogP contribution in [-0.2, 0) is 29.0 Å². The molecule has 132 valence electrons. The van der Waals surface area contributed by atoms with Crippen LogP contribution < -0.4 is 0 Å². The monoisotopic (exact) mass is 340 g/mol. The molecule has 25 heavy (non-hydrogen) atoms. The van der Waals surface area contributed by atoms with Crippen LogP contribution in [0.25, 0.3) is 0 Å². The van der Waals surface area contributed by atoms with E-state index in [2.05, 4.69) is 34.3 Å². The van der Waals surface area contributed by atoms with Gasteiger partial charge in [-0.2, -0.15) is 5.10 Å². The Morgan fingerprint density at radius 3 is 2.92 bits per heavy atom. The number of aromatic nitrogens is 2. The first kappa shape index (κ1) is 16.3. The Bertz CT molecular complexity index is 716. The highest BCUT2D eigenvalue weighted by Gasteiger charge is 2.26. The zero-order chi connectivity index (χ0) is 17.1. The van der Waals surface area contributed by atoms with Gasteiger partial charge in [0.05, 0.1) is 25.8 Å². The number of hydrogen-bond donors (Lipinski definition) is 0. The Kier molecular flexibility index (Phi) is 4.81. The summed E-state index contributed by atoms with van der Waals surface area (Å²) in [6, 6.07) is 10.3. The maximum atomic E-state index is 12.7. The topological polar surface area (TPSA) is 50.6 Å². The molecule has 6 nitrogen and oxygen atoms in total. The lowest BCUT2D eigenvalue weighted by Gasteiger charge is -2.35. The van der Waals surface area contributed by atoms with Crippen molar-refractivity contribution in [2.24, 2.45) is 0 Å². The van der Waals surface area contributed by atoms with Crippen molar-refractivity contribution in [3.8, 4) is 0 Å². The van der Waals surface area contributed by atoms with E-state index in [1.54, 1.807) is 6.20 Å². The lowest BCUT2D eigenvalue weighted by molar-refractivity contribution is -0.135. The molecule has 1 aromatic heterocycles. The van der Waals surface area contributed by atoms with E-state index in [4.69, 9.17) is 4.74 Å². The van der Waals surface area contributed by atoms with Gasteiger partial charge in [0, 0.05) is 38.6 Å². The largest absolute Gasteiger partial charge is 0.374 e. The molecule has 2 aliphatic rings. The minimum absolute atomic E-state index is 0.0866. The number of morpholine rings is 1. The first-order chi connectivity index (χ1) is 12.3. The maximum absolute atomic E-state index is 12.7. The number of fused-ring (bicyclic) bond motifs is 1. The molecule has 1 atom stereocenters. The minimum atomic E-state index is 0.0866. The van der Waals surface area contributed by atoms with Crippen molar-refractivity contribution in [3.05, 3.63) is 53.9 Å². The summed E-state index contributed by atoms with van der Waals surface area (Å²) >= 11 is 0. The van der Waals surface area contributed by atoms with Gasteiger partial charge in [-0.05, 0) is 23.6 Å². The van der Waals surface area contributed by atoms with Gasteiger partial charge in [0.15, 0.2) is 0 Å². The van der Waals surface area contributed by atoms with Gasteiger partial charge < -0.3 is 9.64 Å². The molecule has 0 radical (unpaired) electrons. The molecule has 0 saturated carbocycles. The minimum Gasteiger partial charge on any atom is -0.374 e. The molecule has 1 amide bonds. The second kappa shape index (κ2) is 7.37. The van der Waals surface area contributed by atoms with Crippen LogP contribution in [0.4, 0.5) is 0 Å². The van der Waals surface area contributed by atoms with Crippen molar-refractivity contribution in [2.75, 3.05) is 32.8 Å². The van der Waals surface area contributed by atoms with Crippen LogP contribution in [0, 0.1) is 0 Å². The number of hydrogen-bond acceptors (Lipinski definition) is 4. The molecular formula is C19H24N4O2. The highest BCUT2D eigenvalue weighted by Crippen LogP contribution is 2.19. The van der Waals surface area contributed by atoms with E-state index < -0.39 is 0 Å². The quantitative estimate of drug-likeness (QED) is 0.838. The Morgan fingerprint density at radius 1 is 1.20 bits per heavy atom. The van der Waals surface area contributed by atoms with Crippen LogP contribution in [0.2, 0.25) is 0 Å². The van der Waals surface area contributed by atoms with Crippen molar-refractivity contribution in [1.82, 2.24) is 19.6 Å². The summed E-state index contributed by atoms with van der Waals surface area (Å²) in [5.74, 6) is 0.217. The van der Waals surface area contributed by atoms with Crippen LogP contribution in [-0.4, -0.2) is 64.4 Å². The fourth-order valence-corrected chi connectivity index (χ4v) is 3.65. The van der Waals surface area contributed by atoms with Gasteiger partial charge in [-0.1, -0.05) is 24.3 Å². The van der Waals surface area contributed by atoms with E-state index in [-0.39, 0.29) is 12.0 Å². The number of benzene rings is 1. The maximum Gasteiger partial charge on any atom is 0.237 e. The van der Waals surface area contributed by atoms with E-state index in [9.17, 15) is 4.79 Å². The molecule has 3 heterocycles. The Labute approximate surface area is 148 Å². The molecule has 0 N–H and O–H groups in total. The van der Waals surface area contributed by atoms with Crippen LogP contribution in [0.3, 0.4) is 0 Å². The van der Waals surface area contributed by atoms with Crippen LogP contribution in [0.1, 0.15) is 11.1 Å². The second-order valence-corrected chi connectivity index (χ2v) is 6.79. The summed E-state index contributed by atoms with van der Waals surface area (Å²) in [5, 5.41) is 4.23. The van der Waals surface area contributed by atoms with Crippen LogP contribution >= 0.6 is 0 Å². The van der Waals surface area contributed by atoms with E-state index in [1.165, 1.54) is 11.1 Å². The van der Waals surface area contributed by atoms with Crippen molar-refractivity contribution in [1.29, 1.82) is 0 Å². The molecule has 1 saturated heterocycles. The molecule has 0 bridgehead atoms. The highest BCUT2D eigenvalue weighted by molar-refractivity contribution is 5.78. The van der Waals surface area contributed by atoms with Gasteiger partial charge >= 0.3 is 0 Å². The average molecular weight is 340 g/mol. The van der Waals surface area contributed by atoms with E-state index in [0.717, 1.165) is 39.1 Å². The molecule has 6 heteroatoms. The number of carbonyl (C=O) groups excluding carboxylic acids is 1. The van der Waals surface area contributed by atoms with Crippen LogP contribution in [0.15, 0.2) is 42.7 Å². The third kappa shape index (κ3) is 3.91. The number of carbonyl (C=O) groups is 1. The normalized spacial score (nSPS) is 21.1. The number of nitrogens with zero attached hydrogens (tertiary/aromatic N) is 4. The number of amides is 1. The number of rotatable bonds is 4. The van der Waals surface area contributed by atoms with E-state index in [1.807, 2.05) is 21.8 Å². The Hall–Kier alpha value is -2.18. The molecule has 0 aliphatic carbocycles. The molecule has 2 aromatic rings. The zero-order valence-corrected chi connectivity index (χ0v) is 14.4. The average Bonchev–Trinajstić information content (AvgIpc) is 3.14. The summed E-state index contributed by atoms with van der Waals surface area (Å²) in [6.07, 6.45) is 4.76. The Balaban J connectivity index is 1.32. The van der Waals surface area contributed by atoms with Crippen molar-refractivity contribution in [2.45, 2.75) is 25.6 Å². The molecule has 4 rings (SSSR count). The molecule has 0 unspecified atom stereocenters. The zero-order valence-electron chi connectivity index (χ0n) is 14.4. The van der Waals surface area contributed by atoms with Crippen LogP contribution in [0.5, 0.6) is 0 Å². The van der Waals surface area contributed by atoms with E-state index in [0.29, 0.717) is 13.2 Å². The fraction of sp³-hybridized carbons (Fsp3) is 0.474. The van der Waals surface area contributed by atoms with Crippen molar-refractivity contribution in [3.63, 3.8) is 0 Å². The standard InChI is InChI=1S/C19H24N4O2/c24-19(22-9-6-16-4-1-2-5-17(16)12-22)15-21-10-11-25-18(13-21)14-23-8-3-7-20-23/h1-5,7-8,18H,6,9-15H2/t18-/m0/s1. The lowest BCUT2D eigenvalue weighted by atomic mass is 10.00. The second-order valence-electron chi connectivity index (χ2n) is 6.79. The van der Waals surface area contributed by atoms with Gasteiger partial charge in [0.25, 0.3) is 0 Å². The smallest absolute Gasteiger partial charge is 0.237 e. The molecular weight excluding hydrogens is 316 g/mol. The van der Waals surface area contributed by atoms with Gasteiger partial charge in [-0.15, -0.1) is 0 Å². The summed E-state index contributed by atoms with van der Waals surface area (Å²) in [7, 11) is 0. The van der Waals surface area contributed by atoms with Crippen molar-refractivity contribution < 1.29 is 9.53 Å². The molecule has 2 aliphatic heterocycles. The highest BCUT2D eigenvalue weighted by atomic mass is 16.5. The third-order valence-corrected chi connectivity index (χ3v) is 5.02.